The maximum atomic E-state index is 11.7. The molecule has 0 saturated carbocycles. The first-order chi connectivity index (χ1) is 9.10. The van der Waals surface area contributed by atoms with Gasteiger partial charge in [-0.15, -0.1) is 0 Å². The number of amides is 2. The van der Waals surface area contributed by atoms with Crippen LogP contribution >= 0.6 is 0 Å². The Balaban J connectivity index is 2.64. The summed E-state index contributed by atoms with van der Waals surface area (Å²) in [7, 11) is 4.69. The topological polar surface area (TPSA) is 68.8 Å². The van der Waals surface area contributed by atoms with Crippen LogP contribution in [0.3, 0.4) is 0 Å². The maximum absolute atomic E-state index is 11.7. The Morgan fingerprint density at radius 1 is 1.21 bits per heavy atom. The van der Waals surface area contributed by atoms with Crippen molar-refractivity contribution in [3.63, 3.8) is 0 Å². The van der Waals surface area contributed by atoms with Crippen LogP contribution in [0.4, 0.5) is 10.5 Å². The van der Waals surface area contributed by atoms with E-state index in [1.54, 1.807) is 39.5 Å². The van der Waals surface area contributed by atoms with Gasteiger partial charge in [-0.3, -0.25) is 0 Å². The number of benzene rings is 1. The zero-order chi connectivity index (χ0) is 14.3. The van der Waals surface area contributed by atoms with Crippen LogP contribution in [0.25, 0.3) is 0 Å². The van der Waals surface area contributed by atoms with Crippen molar-refractivity contribution in [3.8, 4) is 11.5 Å². The van der Waals surface area contributed by atoms with E-state index in [0.29, 0.717) is 23.8 Å². The molecule has 1 aromatic rings. The van der Waals surface area contributed by atoms with Gasteiger partial charge in [-0.25, -0.2) is 4.79 Å². The van der Waals surface area contributed by atoms with Crippen molar-refractivity contribution in [2.45, 2.75) is 13.0 Å². The van der Waals surface area contributed by atoms with E-state index in [4.69, 9.17) is 14.2 Å². The average molecular weight is 268 g/mol. The van der Waals surface area contributed by atoms with E-state index in [0.717, 1.165) is 0 Å². The number of hydrogen-bond acceptors (Lipinski definition) is 4. The fraction of sp³-hybridized carbons (Fsp3) is 0.462. The molecule has 1 atom stereocenters. The minimum atomic E-state index is -0.295. The minimum Gasteiger partial charge on any atom is -0.493 e. The van der Waals surface area contributed by atoms with Gasteiger partial charge in [-0.1, -0.05) is 0 Å². The lowest BCUT2D eigenvalue weighted by Gasteiger charge is -2.14. The molecule has 106 valence electrons. The van der Waals surface area contributed by atoms with Crippen molar-refractivity contribution >= 4 is 11.7 Å². The third-order valence-electron chi connectivity index (χ3n) is 2.44. The highest BCUT2D eigenvalue weighted by molar-refractivity contribution is 5.89. The molecule has 0 aliphatic rings. The van der Waals surface area contributed by atoms with Crippen LogP contribution in [-0.2, 0) is 4.74 Å². The highest BCUT2D eigenvalue weighted by atomic mass is 16.5. The van der Waals surface area contributed by atoms with E-state index >= 15 is 0 Å². The van der Waals surface area contributed by atoms with Crippen LogP contribution in [-0.4, -0.2) is 40.0 Å². The Morgan fingerprint density at radius 2 is 1.89 bits per heavy atom. The summed E-state index contributed by atoms with van der Waals surface area (Å²) in [5.41, 5.74) is 0.625. The van der Waals surface area contributed by atoms with Gasteiger partial charge in [0.2, 0.25) is 0 Å². The molecule has 2 amide bonds. The first-order valence-electron chi connectivity index (χ1n) is 5.89. The number of carbonyl (C=O) groups is 1. The summed E-state index contributed by atoms with van der Waals surface area (Å²) in [6, 6.07) is 4.80. The number of ether oxygens (including phenoxy) is 3. The predicted octanol–water partition coefficient (Wildman–Crippen LogP) is 1.86. The van der Waals surface area contributed by atoms with Gasteiger partial charge >= 0.3 is 6.03 Å². The Kier molecular flexibility index (Phi) is 5.95. The van der Waals surface area contributed by atoms with Crippen molar-refractivity contribution in [2.24, 2.45) is 0 Å². The summed E-state index contributed by atoms with van der Waals surface area (Å²) in [5, 5.41) is 5.46. The van der Waals surface area contributed by atoms with Crippen LogP contribution in [0.2, 0.25) is 0 Å². The van der Waals surface area contributed by atoms with E-state index in [1.165, 1.54) is 0 Å². The fourth-order valence-corrected chi connectivity index (χ4v) is 1.60. The Morgan fingerprint density at radius 3 is 2.47 bits per heavy atom. The van der Waals surface area contributed by atoms with Gasteiger partial charge in [0.15, 0.2) is 11.5 Å². The molecule has 0 aromatic heterocycles. The molecule has 0 unspecified atom stereocenters. The Labute approximate surface area is 113 Å². The molecule has 0 saturated heterocycles. The number of rotatable bonds is 6. The van der Waals surface area contributed by atoms with Crippen molar-refractivity contribution in [2.75, 3.05) is 33.3 Å². The van der Waals surface area contributed by atoms with Crippen LogP contribution in [0.15, 0.2) is 18.2 Å². The van der Waals surface area contributed by atoms with Gasteiger partial charge < -0.3 is 24.8 Å². The number of anilines is 1. The molecule has 1 aromatic carbocycles. The predicted molar refractivity (Wildman–Crippen MR) is 73.0 cm³/mol. The van der Waals surface area contributed by atoms with Gasteiger partial charge in [-0.05, 0) is 19.1 Å². The van der Waals surface area contributed by atoms with Crippen molar-refractivity contribution in [3.05, 3.63) is 18.2 Å². The summed E-state index contributed by atoms with van der Waals surface area (Å²) in [5.74, 6) is 1.17. The highest BCUT2D eigenvalue weighted by Crippen LogP contribution is 2.29. The third-order valence-corrected chi connectivity index (χ3v) is 2.44. The second kappa shape index (κ2) is 7.48. The van der Waals surface area contributed by atoms with E-state index in [-0.39, 0.29) is 12.1 Å². The fourth-order valence-electron chi connectivity index (χ4n) is 1.60. The minimum absolute atomic E-state index is 0.0647. The summed E-state index contributed by atoms with van der Waals surface area (Å²) < 4.78 is 15.2. The zero-order valence-electron chi connectivity index (χ0n) is 11.6. The number of urea groups is 1. The lowest BCUT2D eigenvalue weighted by Crippen LogP contribution is -2.38. The lowest BCUT2D eigenvalue weighted by atomic mass is 10.2. The molecule has 19 heavy (non-hydrogen) atoms. The summed E-state index contributed by atoms with van der Waals surface area (Å²) in [6.45, 7) is 2.32. The van der Waals surface area contributed by atoms with Crippen LogP contribution in [0.5, 0.6) is 11.5 Å². The standard InChI is InChI=1S/C13H20N2O4/c1-9(8-17-2)14-13(16)15-10-5-6-11(18-3)12(7-10)19-4/h5-7,9H,8H2,1-4H3,(H2,14,15,16)/t9-/m0/s1. The molecular formula is C13H20N2O4. The van der Waals surface area contributed by atoms with Gasteiger partial charge in [0.1, 0.15) is 0 Å². The summed E-state index contributed by atoms with van der Waals surface area (Å²) in [4.78, 5) is 11.7. The molecule has 0 bridgehead atoms. The normalized spacial score (nSPS) is 11.6. The van der Waals surface area contributed by atoms with Crippen molar-refractivity contribution < 1.29 is 19.0 Å². The smallest absolute Gasteiger partial charge is 0.319 e. The second-order valence-electron chi connectivity index (χ2n) is 4.02. The Bertz CT molecular complexity index is 423. The molecule has 0 radical (unpaired) electrons. The van der Waals surface area contributed by atoms with Gasteiger partial charge in [-0.2, -0.15) is 0 Å². The molecule has 0 spiro atoms. The van der Waals surface area contributed by atoms with E-state index in [1.807, 2.05) is 6.92 Å². The molecule has 0 aliphatic carbocycles. The Hall–Kier alpha value is -1.95. The van der Waals surface area contributed by atoms with E-state index in [2.05, 4.69) is 10.6 Å². The van der Waals surface area contributed by atoms with Crippen LogP contribution in [0, 0.1) is 0 Å². The molecular weight excluding hydrogens is 248 g/mol. The maximum Gasteiger partial charge on any atom is 0.319 e. The quantitative estimate of drug-likeness (QED) is 0.826. The number of carbonyl (C=O) groups excluding carboxylic acids is 1. The van der Waals surface area contributed by atoms with E-state index in [9.17, 15) is 4.79 Å². The average Bonchev–Trinajstić information content (AvgIpc) is 2.38. The number of nitrogens with one attached hydrogen (secondary N) is 2. The number of methoxy groups -OCH3 is 3. The van der Waals surface area contributed by atoms with E-state index < -0.39 is 0 Å². The molecule has 6 heteroatoms. The van der Waals surface area contributed by atoms with Crippen molar-refractivity contribution in [1.82, 2.24) is 5.32 Å². The first-order valence-corrected chi connectivity index (χ1v) is 5.89. The van der Waals surface area contributed by atoms with Crippen LogP contribution < -0.4 is 20.1 Å². The van der Waals surface area contributed by atoms with Gasteiger partial charge in [0.05, 0.1) is 26.9 Å². The SMILES string of the molecule is COC[C@H](C)NC(=O)Nc1ccc(OC)c(OC)c1. The summed E-state index contributed by atoms with van der Waals surface area (Å²) >= 11 is 0. The largest absolute Gasteiger partial charge is 0.493 e. The van der Waals surface area contributed by atoms with Crippen molar-refractivity contribution in [1.29, 1.82) is 0 Å². The second-order valence-corrected chi connectivity index (χ2v) is 4.02. The highest BCUT2D eigenvalue weighted by Gasteiger charge is 2.09. The molecule has 1 rings (SSSR count). The lowest BCUT2D eigenvalue weighted by molar-refractivity contribution is 0.173. The molecule has 0 fully saturated rings. The first kappa shape index (κ1) is 15.1. The molecule has 6 nitrogen and oxygen atoms in total. The van der Waals surface area contributed by atoms with Gasteiger partial charge in [0, 0.05) is 18.9 Å². The molecule has 0 aliphatic heterocycles. The molecule has 0 heterocycles. The molecule has 2 N–H and O–H groups in total. The summed E-state index contributed by atoms with van der Waals surface area (Å²) in [6.07, 6.45) is 0. The van der Waals surface area contributed by atoms with Crippen LogP contribution in [0.1, 0.15) is 6.92 Å². The van der Waals surface area contributed by atoms with Gasteiger partial charge in [0.25, 0.3) is 0 Å². The zero-order valence-corrected chi connectivity index (χ0v) is 11.6. The monoisotopic (exact) mass is 268 g/mol. The third kappa shape index (κ3) is 4.67. The number of hydrogen-bond donors (Lipinski definition) is 2.